The number of aryl methyl sites for hydroxylation is 1. The van der Waals surface area contributed by atoms with Crippen molar-refractivity contribution in [3.8, 4) is 5.75 Å². The highest BCUT2D eigenvalue weighted by atomic mass is 16.5. The highest BCUT2D eigenvalue weighted by Gasteiger charge is 2.21. The van der Waals surface area contributed by atoms with Gasteiger partial charge in [0.1, 0.15) is 5.75 Å². The van der Waals surface area contributed by atoms with E-state index in [9.17, 15) is 0 Å². The molecule has 0 saturated carbocycles. The number of pyridine rings is 1. The molecular formula is C17H31N3O. The summed E-state index contributed by atoms with van der Waals surface area (Å²) < 4.78 is 5.49. The summed E-state index contributed by atoms with van der Waals surface area (Å²) in [4.78, 5) is 4.60. The van der Waals surface area contributed by atoms with Gasteiger partial charge < -0.3 is 4.74 Å². The van der Waals surface area contributed by atoms with Crippen LogP contribution in [0.4, 0.5) is 0 Å². The molecule has 0 aromatic carbocycles. The lowest BCUT2D eigenvalue weighted by molar-refractivity contribution is 0.316. The average molecular weight is 293 g/mol. The lowest BCUT2D eigenvalue weighted by atomic mass is 9.88. The number of hydrogen-bond donors (Lipinski definition) is 2. The SMILES string of the molecule is CCCCC(CC)C(Cc1ncc(C)c(OC)c1C)NN. The van der Waals surface area contributed by atoms with Crippen molar-refractivity contribution in [2.75, 3.05) is 7.11 Å². The maximum absolute atomic E-state index is 5.81. The van der Waals surface area contributed by atoms with Crippen LogP contribution in [0.5, 0.6) is 5.75 Å². The van der Waals surface area contributed by atoms with Gasteiger partial charge in [0.15, 0.2) is 0 Å². The van der Waals surface area contributed by atoms with Crippen molar-refractivity contribution in [3.63, 3.8) is 0 Å². The third-order valence-corrected chi connectivity index (χ3v) is 4.40. The summed E-state index contributed by atoms with van der Waals surface area (Å²) >= 11 is 0. The van der Waals surface area contributed by atoms with Gasteiger partial charge in [-0.1, -0.05) is 33.1 Å². The van der Waals surface area contributed by atoms with Gasteiger partial charge in [-0.15, -0.1) is 0 Å². The van der Waals surface area contributed by atoms with E-state index < -0.39 is 0 Å². The Bertz CT molecular complexity index is 434. The fourth-order valence-electron chi connectivity index (χ4n) is 3.00. The molecule has 1 rings (SSSR count). The predicted molar refractivity (Wildman–Crippen MR) is 88.4 cm³/mol. The second-order valence-electron chi connectivity index (χ2n) is 5.83. The Morgan fingerprint density at radius 3 is 2.57 bits per heavy atom. The average Bonchev–Trinajstić information content (AvgIpc) is 2.49. The number of hydrogen-bond acceptors (Lipinski definition) is 4. The van der Waals surface area contributed by atoms with E-state index in [0.717, 1.165) is 35.4 Å². The third-order valence-electron chi connectivity index (χ3n) is 4.40. The van der Waals surface area contributed by atoms with Crippen molar-refractivity contribution < 1.29 is 4.74 Å². The molecule has 0 spiro atoms. The third kappa shape index (κ3) is 4.68. The van der Waals surface area contributed by atoms with Gasteiger partial charge in [-0.2, -0.15) is 0 Å². The van der Waals surface area contributed by atoms with E-state index in [1.807, 2.05) is 13.1 Å². The van der Waals surface area contributed by atoms with Crippen molar-refractivity contribution in [2.24, 2.45) is 11.8 Å². The number of methoxy groups -OCH3 is 1. The summed E-state index contributed by atoms with van der Waals surface area (Å²) in [5.41, 5.74) is 6.29. The maximum atomic E-state index is 5.81. The van der Waals surface area contributed by atoms with Gasteiger partial charge in [-0.25, -0.2) is 0 Å². The first kappa shape index (κ1) is 17.9. The summed E-state index contributed by atoms with van der Waals surface area (Å²) in [6.45, 7) is 8.57. The topological polar surface area (TPSA) is 60.2 Å². The number of ether oxygens (including phenoxy) is 1. The van der Waals surface area contributed by atoms with Crippen molar-refractivity contribution in [2.45, 2.75) is 65.8 Å². The maximum Gasteiger partial charge on any atom is 0.128 e. The number of unbranched alkanes of at least 4 members (excludes halogenated alkanes) is 1. The highest BCUT2D eigenvalue weighted by Crippen LogP contribution is 2.26. The van der Waals surface area contributed by atoms with Crippen molar-refractivity contribution in [1.29, 1.82) is 0 Å². The zero-order valence-corrected chi connectivity index (χ0v) is 14.2. The second-order valence-corrected chi connectivity index (χ2v) is 5.83. The first-order valence-corrected chi connectivity index (χ1v) is 8.04. The Hall–Kier alpha value is -1.13. The van der Waals surface area contributed by atoms with E-state index in [4.69, 9.17) is 10.6 Å². The van der Waals surface area contributed by atoms with E-state index in [1.54, 1.807) is 7.11 Å². The molecule has 1 heterocycles. The molecule has 0 bridgehead atoms. The van der Waals surface area contributed by atoms with Crippen molar-refractivity contribution in [3.05, 3.63) is 23.0 Å². The van der Waals surface area contributed by atoms with Gasteiger partial charge in [0.05, 0.1) is 7.11 Å². The quantitative estimate of drug-likeness (QED) is 0.542. The number of nitrogens with one attached hydrogen (secondary N) is 1. The molecule has 0 aliphatic rings. The van der Waals surface area contributed by atoms with Crippen LogP contribution < -0.4 is 16.0 Å². The van der Waals surface area contributed by atoms with Gasteiger partial charge in [0.25, 0.3) is 0 Å². The van der Waals surface area contributed by atoms with Gasteiger partial charge in [0.2, 0.25) is 0 Å². The molecule has 1 aromatic rings. The Balaban J connectivity index is 2.90. The first-order chi connectivity index (χ1) is 10.1. The Labute approximate surface area is 129 Å². The molecule has 0 fully saturated rings. The number of nitrogens with zero attached hydrogens (tertiary/aromatic N) is 1. The van der Waals surface area contributed by atoms with E-state index >= 15 is 0 Å². The lowest BCUT2D eigenvalue weighted by Gasteiger charge is -2.26. The van der Waals surface area contributed by atoms with Crippen LogP contribution in [0.3, 0.4) is 0 Å². The van der Waals surface area contributed by atoms with Crippen LogP contribution in [-0.2, 0) is 6.42 Å². The molecule has 0 saturated heterocycles. The van der Waals surface area contributed by atoms with Crippen LogP contribution in [0.15, 0.2) is 6.20 Å². The smallest absolute Gasteiger partial charge is 0.128 e. The molecule has 4 nitrogen and oxygen atoms in total. The molecule has 120 valence electrons. The van der Waals surface area contributed by atoms with Crippen LogP contribution in [0, 0.1) is 19.8 Å². The minimum absolute atomic E-state index is 0.264. The lowest BCUT2D eigenvalue weighted by Crippen LogP contribution is -2.42. The van der Waals surface area contributed by atoms with Crippen LogP contribution in [-0.4, -0.2) is 18.1 Å². The molecule has 0 aliphatic carbocycles. The van der Waals surface area contributed by atoms with E-state index in [2.05, 4.69) is 31.2 Å². The number of rotatable bonds is 9. The monoisotopic (exact) mass is 293 g/mol. The van der Waals surface area contributed by atoms with Crippen LogP contribution >= 0.6 is 0 Å². The fraction of sp³-hybridized carbons (Fsp3) is 0.706. The van der Waals surface area contributed by atoms with Gasteiger partial charge in [0, 0.05) is 35.5 Å². The summed E-state index contributed by atoms with van der Waals surface area (Å²) in [6.07, 6.45) is 7.56. The minimum Gasteiger partial charge on any atom is -0.496 e. The normalized spacial score (nSPS) is 14.0. The Kier molecular flexibility index (Phi) is 7.68. The molecule has 2 atom stereocenters. The molecule has 0 radical (unpaired) electrons. The minimum atomic E-state index is 0.264. The fourth-order valence-corrected chi connectivity index (χ4v) is 3.00. The standard InChI is InChI=1S/C17H31N3O/c1-6-8-9-14(7-2)16(20-18)10-15-13(4)17(21-5)12(3)11-19-15/h11,14,16,20H,6-10,18H2,1-5H3. The van der Waals surface area contributed by atoms with Crippen molar-refractivity contribution in [1.82, 2.24) is 10.4 Å². The van der Waals surface area contributed by atoms with Crippen molar-refractivity contribution >= 4 is 0 Å². The highest BCUT2D eigenvalue weighted by molar-refractivity contribution is 5.41. The summed E-state index contributed by atoms with van der Waals surface area (Å²) in [5, 5.41) is 0. The predicted octanol–water partition coefficient (Wildman–Crippen LogP) is 3.30. The summed E-state index contributed by atoms with van der Waals surface area (Å²) in [7, 11) is 1.72. The first-order valence-electron chi connectivity index (χ1n) is 8.04. The largest absolute Gasteiger partial charge is 0.496 e. The molecule has 1 aromatic heterocycles. The van der Waals surface area contributed by atoms with Crippen LogP contribution in [0.2, 0.25) is 0 Å². The number of hydrazine groups is 1. The zero-order chi connectivity index (χ0) is 15.8. The Morgan fingerprint density at radius 2 is 2.05 bits per heavy atom. The van der Waals surface area contributed by atoms with Gasteiger partial charge >= 0.3 is 0 Å². The molecule has 3 N–H and O–H groups in total. The molecule has 2 unspecified atom stereocenters. The second kappa shape index (κ2) is 9.00. The molecule has 21 heavy (non-hydrogen) atoms. The van der Waals surface area contributed by atoms with Gasteiger partial charge in [-0.3, -0.25) is 16.3 Å². The van der Waals surface area contributed by atoms with E-state index in [1.165, 1.54) is 19.3 Å². The zero-order valence-electron chi connectivity index (χ0n) is 14.2. The van der Waals surface area contributed by atoms with Crippen LogP contribution in [0.1, 0.15) is 56.4 Å². The molecule has 0 amide bonds. The number of nitrogens with two attached hydrogens (primary N) is 1. The summed E-state index contributed by atoms with van der Waals surface area (Å²) in [6, 6.07) is 0.264. The summed E-state index contributed by atoms with van der Waals surface area (Å²) in [5.74, 6) is 7.34. The van der Waals surface area contributed by atoms with Crippen LogP contribution in [0.25, 0.3) is 0 Å². The molecule has 4 heteroatoms. The van der Waals surface area contributed by atoms with E-state index in [0.29, 0.717) is 5.92 Å². The Morgan fingerprint density at radius 1 is 1.33 bits per heavy atom. The number of aromatic nitrogens is 1. The molecular weight excluding hydrogens is 262 g/mol. The van der Waals surface area contributed by atoms with Gasteiger partial charge in [-0.05, 0) is 26.2 Å². The molecule has 0 aliphatic heterocycles. The van der Waals surface area contributed by atoms with E-state index in [-0.39, 0.29) is 6.04 Å².